The van der Waals surface area contributed by atoms with E-state index >= 15 is 0 Å². The quantitative estimate of drug-likeness (QED) is 0.748. The minimum absolute atomic E-state index is 0.0519. The lowest BCUT2D eigenvalue weighted by Crippen LogP contribution is -2.26. The van der Waals surface area contributed by atoms with Crippen LogP contribution in [-0.2, 0) is 11.9 Å². The lowest BCUT2D eigenvalue weighted by Gasteiger charge is -2.19. The molecule has 0 bridgehead atoms. The van der Waals surface area contributed by atoms with E-state index in [1.807, 2.05) is 31.3 Å². The Bertz CT molecular complexity index is 634. The van der Waals surface area contributed by atoms with Gasteiger partial charge in [-0.2, -0.15) is 0 Å². The van der Waals surface area contributed by atoms with Crippen molar-refractivity contribution in [2.45, 2.75) is 25.7 Å². The second-order valence-electron chi connectivity index (χ2n) is 5.42. The summed E-state index contributed by atoms with van der Waals surface area (Å²) >= 11 is 3.41. The third-order valence-corrected chi connectivity index (χ3v) is 4.25. The van der Waals surface area contributed by atoms with E-state index in [9.17, 15) is 4.79 Å². The predicted octanol–water partition coefficient (Wildman–Crippen LogP) is 4.47. The number of carbonyl (C=O) groups excluding carboxylic acids is 1. The number of hydrogen-bond acceptors (Lipinski definition) is 1. The van der Waals surface area contributed by atoms with E-state index in [2.05, 4.69) is 48.0 Å². The first-order chi connectivity index (χ1) is 10.0. The molecule has 2 nitrogen and oxygen atoms in total. The van der Waals surface area contributed by atoms with E-state index in [1.165, 1.54) is 22.3 Å². The number of hydrogen-bond donors (Lipinski definition) is 0. The summed E-state index contributed by atoms with van der Waals surface area (Å²) < 4.78 is 0. The van der Waals surface area contributed by atoms with Gasteiger partial charge in [-0.15, -0.1) is 0 Å². The summed E-state index contributed by atoms with van der Waals surface area (Å²) in [6.07, 6.45) is 0. The molecule has 0 unspecified atom stereocenters. The van der Waals surface area contributed by atoms with Gasteiger partial charge in [0.05, 0.1) is 0 Å². The summed E-state index contributed by atoms with van der Waals surface area (Å²) in [5.41, 5.74) is 5.56. The molecule has 0 saturated carbocycles. The Morgan fingerprint density at radius 1 is 1.10 bits per heavy atom. The van der Waals surface area contributed by atoms with Gasteiger partial charge in [-0.25, -0.2) is 0 Å². The highest BCUT2D eigenvalue weighted by Gasteiger charge is 2.12. The lowest BCUT2D eigenvalue weighted by atomic mass is 10.0. The summed E-state index contributed by atoms with van der Waals surface area (Å²) in [7, 11) is 1.85. The van der Waals surface area contributed by atoms with Gasteiger partial charge in [-0.05, 0) is 42.7 Å². The van der Waals surface area contributed by atoms with Crippen LogP contribution in [-0.4, -0.2) is 17.9 Å². The minimum atomic E-state index is 0.0519. The number of carbonyl (C=O) groups is 1. The second-order valence-corrected chi connectivity index (χ2v) is 5.98. The Morgan fingerprint density at radius 2 is 1.76 bits per heavy atom. The maximum Gasteiger partial charge on any atom is 0.253 e. The average Bonchev–Trinajstić information content (AvgIpc) is 2.49. The molecule has 0 radical (unpaired) electrons. The molecule has 0 N–H and O–H groups in total. The first kappa shape index (κ1) is 15.8. The van der Waals surface area contributed by atoms with Gasteiger partial charge in [0, 0.05) is 24.5 Å². The number of halogens is 1. The summed E-state index contributed by atoms with van der Waals surface area (Å²) in [5.74, 6) is 0.0519. The predicted molar refractivity (Wildman–Crippen MR) is 90.8 cm³/mol. The summed E-state index contributed by atoms with van der Waals surface area (Å²) in [5, 5.41) is 0.805. The SMILES string of the molecule is Cc1ccc(CN(C)C(=O)c2ccc(CBr)cc2)c(C)c1. The molecular formula is C18H20BrNO. The van der Waals surface area contributed by atoms with Crippen molar-refractivity contribution in [3.63, 3.8) is 0 Å². The molecule has 2 aromatic carbocycles. The van der Waals surface area contributed by atoms with Crippen LogP contribution in [0.1, 0.15) is 32.6 Å². The zero-order valence-corrected chi connectivity index (χ0v) is 14.3. The number of rotatable bonds is 4. The maximum atomic E-state index is 12.4. The molecule has 0 saturated heterocycles. The van der Waals surface area contributed by atoms with Crippen molar-refractivity contribution in [2.24, 2.45) is 0 Å². The van der Waals surface area contributed by atoms with Crippen LogP contribution in [0.15, 0.2) is 42.5 Å². The van der Waals surface area contributed by atoms with Gasteiger partial charge in [-0.1, -0.05) is 51.8 Å². The Labute approximate surface area is 134 Å². The van der Waals surface area contributed by atoms with E-state index in [0.29, 0.717) is 6.54 Å². The topological polar surface area (TPSA) is 20.3 Å². The number of aryl methyl sites for hydroxylation is 2. The fourth-order valence-electron chi connectivity index (χ4n) is 2.31. The first-order valence-electron chi connectivity index (χ1n) is 6.97. The Hall–Kier alpha value is -1.61. The zero-order valence-electron chi connectivity index (χ0n) is 12.7. The van der Waals surface area contributed by atoms with Crippen molar-refractivity contribution >= 4 is 21.8 Å². The van der Waals surface area contributed by atoms with Crippen LogP contribution in [0, 0.1) is 13.8 Å². The maximum absolute atomic E-state index is 12.4. The average molecular weight is 346 g/mol. The van der Waals surface area contributed by atoms with Crippen LogP contribution < -0.4 is 0 Å². The van der Waals surface area contributed by atoms with Crippen molar-refractivity contribution in [3.05, 3.63) is 70.3 Å². The Kier molecular flexibility index (Phi) is 5.18. The number of amides is 1. The number of nitrogens with zero attached hydrogens (tertiary/aromatic N) is 1. The molecule has 0 heterocycles. The van der Waals surface area contributed by atoms with Gasteiger partial charge < -0.3 is 4.90 Å². The van der Waals surface area contributed by atoms with Crippen LogP contribution in [0.25, 0.3) is 0 Å². The molecule has 0 atom stereocenters. The zero-order chi connectivity index (χ0) is 15.4. The Morgan fingerprint density at radius 3 is 2.33 bits per heavy atom. The van der Waals surface area contributed by atoms with Crippen molar-refractivity contribution < 1.29 is 4.79 Å². The molecule has 0 aromatic heterocycles. The fourth-order valence-corrected chi connectivity index (χ4v) is 2.68. The van der Waals surface area contributed by atoms with E-state index in [0.717, 1.165) is 10.9 Å². The van der Waals surface area contributed by atoms with E-state index in [4.69, 9.17) is 0 Å². The van der Waals surface area contributed by atoms with Crippen molar-refractivity contribution in [3.8, 4) is 0 Å². The van der Waals surface area contributed by atoms with Gasteiger partial charge in [0.1, 0.15) is 0 Å². The normalized spacial score (nSPS) is 10.5. The van der Waals surface area contributed by atoms with Crippen molar-refractivity contribution in [1.29, 1.82) is 0 Å². The molecule has 3 heteroatoms. The van der Waals surface area contributed by atoms with Crippen LogP contribution in [0.3, 0.4) is 0 Å². The van der Waals surface area contributed by atoms with E-state index in [-0.39, 0.29) is 5.91 Å². The van der Waals surface area contributed by atoms with Crippen molar-refractivity contribution in [2.75, 3.05) is 7.05 Å². The number of benzene rings is 2. The molecule has 21 heavy (non-hydrogen) atoms. The smallest absolute Gasteiger partial charge is 0.253 e. The van der Waals surface area contributed by atoms with Crippen LogP contribution in [0.5, 0.6) is 0 Å². The summed E-state index contributed by atoms with van der Waals surface area (Å²) in [6, 6.07) is 14.1. The standard InChI is InChI=1S/C18H20BrNO/c1-13-4-7-17(14(2)10-13)12-20(3)18(21)16-8-5-15(11-19)6-9-16/h4-10H,11-12H2,1-3H3. The summed E-state index contributed by atoms with van der Waals surface area (Å²) in [6.45, 7) is 4.80. The molecule has 0 spiro atoms. The first-order valence-corrected chi connectivity index (χ1v) is 8.10. The highest BCUT2D eigenvalue weighted by atomic mass is 79.9. The molecule has 0 aliphatic carbocycles. The molecular weight excluding hydrogens is 326 g/mol. The fraction of sp³-hybridized carbons (Fsp3) is 0.278. The van der Waals surface area contributed by atoms with Crippen LogP contribution in [0.4, 0.5) is 0 Å². The van der Waals surface area contributed by atoms with Gasteiger partial charge in [0.2, 0.25) is 0 Å². The molecule has 1 amide bonds. The van der Waals surface area contributed by atoms with E-state index < -0.39 is 0 Å². The molecule has 0 aliphatic rings. The lowest BCUT2D eigenvalue weighted by molar-refractivity contribution is 0.0785. The number of alkyl halides is 1. The van der Waals surface area contributed by atoms with Crippen LogP contribution >= 0.6 is 15.9 Å². The molecule has 0 fully saturated rings. The minimum Gasteiger partial charge on any atom is -0.337 e. The molecule has 0 aliphatic heterocycles. The van der Waals surface area contributed by atoms with Crippen LogP contribution in [0.2, 0.25) is 0 Å². The van der Waals surface area contributed by atoms with Gasteiger partial charge in [-0.3, -0.25) is 4.79 Å². The summed E-state index contributed by atoms with van der Waals surface area (Å²) in [4.78, 5) is 14.2. The molecule has 2 rings (SSSR count). The second kappa shape index (κ2) is 6.90. The van der Waals surface area contributed by atoms with Crippen molar-refractivity contribution in [1.82, 2.24) is 4.90 Å². The van der Waals surface area contributed by atoms with Gasteiger partial charge in [0.15, 0.2) is 0 Å². The monoisotopic (exact) mass is 345 g/mol. The highest BCUT2D eigenvalue weighted by Crippen LogP contribution is 2.15. The highest BCUT2D eigenvalue weighted by molar-refractivity contribution is 9.08. The Balaban J connectivity index is 2.11. The third kappa shape index (κ3) is 3.94. The largest absolute Gasteiger partial charge is 0.337 e. The molecule has 2 aromatic rings. The molecule has 110 valence electrons. The third-order valence-electron chi connectivity index (χ3n) is 3.61. The van der Waals surface area contributed by atoms with E-state index in [1.54, 1.807) is 4.90 Å². The van der Waals surface area contributed by atoms with Gasteiger partial charge >= 0.3 is 0 Å². The van der Waals surface area contributed by atoms with Gasteiger partial charge in [0.25, 0.3) is 5.91 Å².